The summed E-state index contributed by atoms with van der Waals surface area (Å²) in [6.45, 7) is 0. The van der Waals surface area contributed by atoms with Crippen molar-refractivity contribution in [1.29, 1.82) is 0 Å². The average molecular weight is 736 g/mol. The molecule has 6 nitrogen and oxygen atoms in total. The summed E-state index contributed by atoms with van der Waals surface area (Å²) in [5, 5.41) is 18.5. The number of hydrogen-bond acceptors (Lipinski definition) is 4. The number of nitrogens with one attached hydrogen (secondary N) is 3. The minimum absolute atomic E-state index is 0.0285. The van der Waals surface area contributed by atoms with Gasteiger partial charge in [0.05, 0.1) is 40.6 Å². The first-order valence-corrected chi connectivity index (χ1v) is 19.6. The van der Waals surface area contributed by atoms with E-state index in [9.17, 15) is 0 Å². The molecule has 1 aliphatic heterocycles. The van der Waals surface area contributed by atoms with Crippen LogP contribution in [0.2, 0.25) is 0 Å². The Kier molecular flexibility index (Phi) is 7.25. The zero-order valence-electron chi connectivity index (χ0n) is 30.9. The van der Waals surface area contributed by atoms with Gasteiger partial charge >= 0.3 is 0 Å². The first-order chi connectivity index (χ1) is 28.3. The van der Waals surface area contributed by atoms with Gasteiger partial charge in [-0.05, 0) is 71.3 Å². The van der Waals surface area contributed by atoms with Gasteiger partial charge in [-0.2, -0.15) is 0 Å². The fourth-order valence-corrected chi connectivity index (χ4v) is 9.19. The first kappa shape index (κ1) is 32.3. The van der Waals surface area contributed by atoms with Gasteiger partial charge in [0.2, 0.25) is 0 Å². The summed E-state index contributed by atoms with van der Waals surface area (Å²) in [6.07, 6.45) is -0.136. The fourth-order valence-electron chi connectivity index (χ4n) is 9.19. The number of furan rings is 1. The van der Waals surface area contributed by atoms with E-state index in [4.69, 9.17) is 4.42 Å². The minimum atomic E-state index is -0.0786. The van der Waals surface area contributed by atoms with E-state index >= 15 is 0 Å². The molecule has 0 aliphatic carbocycles. The predicted molar refractivity (Wildman–Crippen MR) is 233 cm³/mol. The van der Waals surface area contributed by atoms with E-state index in [0.717, 1.165) is 49.9 Å². The summed E-state index contributed by atoms with van der Waals surface area (Å²) in [6, 6.07) is 67.3. The Labute approximate surface area is 328 Å². The lowest BCUT2D eigenvalue weighted by atomic mass is 10.0. The van der Waals surface area contributed by atoms with E-state index in [1.54, 1.807) is 0 Å². The van der Waals surface area contributed by atoms with Crippen LogP contribution in [0.4, 0.5) is 0 Å². The molecule has 2 atom stereocenters. The Morgan fingerprint density at radius 2 is 0.860 bits per heavy atom. The van der Waals surface area contributed by atoms with Crippen molar-refractivity contribution in [1.82, 2.24) is 25.1 Å². The highest BCUT2D eigenvalue weighted by molar-refractivity contribution is 6.24. The second-order valence-electron chi connectivity index (χ2n) is 15.1. The van der Waals surface area contributed by atoms with Crippen LogP contribution in [-0.4, -0.2) is 9.13 Å². The van der Waals surface area contributed by atoms with Gasteiger partial charge in [0, 0.05) is 43.7 Å². The summed E-state index contributed by atoms with van der Waals surface area (Å²) in [4.78, 5) is 0. The van der Waals surface area contributed by atoms with Gasteiger partial charge in [-0.3, -0.25) is 16.0 Å². The summed E-state index contributed by atoms with van der Waals surface area (Å²) >= 11 is 0. The van der Waals surface area contributed by atoms with Crippen LogP contribution in [-0.2, 0) is 0 Å². The highest BCUT2D eigenvalue weighted by Crippen LogP contribution is 2.43. The zero-order chi connectivity index (χ0) is 37.5. The van der Waals surface area contributed by atoms with Gasteiger partial charge in [0.15, 0.2) is 5.58 Å². The third-order valence-corrected chi connectivity index (χ3v) is 11.8. The smallest absolute Gasteiger partial charge is 0.160 e. The molecule has 57 heavy (non-hydrogen) atoms. The Balaban J connectivity index is 1.03. The molecular formula is C51H37N5O. The molecule has 3 aromatic heterocycles. The molecule has 0 radical (unpaired) electrons. The van der Waals surface area contributed by atoms with Gasteiger partial charge in [-0.15, -0.1) is 0 Å². The normalized spacial score (nSPS) is 17.4. The van der Waals surface area contributed by atoms with E-state index in [-0.39, 0.29) is 18.5 Å². The lowest BCUT2D eigenvalue weighted by Crippen LogP contribution is -2.54. The number of rotatable bonds is 5. The van der Waals surface area contributed by atoms with Gasteiger partial charge in [0.1, 0.15) is 5.58 Å². The fraction of sp³-hybridized carbons (Fsp3) is 0.0588. The molecule has 1 aliphatic rings. The van der Waals surface area contributed by atoms with Crippen LogP contribution in [0.1, 0.15) is 35.2 Å². The van der Waals surface area contributed by atoms with Crippen LogP contribution in [0.5, 0.6) is 0 Å². The lowest BCUT2D eigenvalue weighted by molar-refractivity contribution is 0.203. The molecule has 1 saturated heterocycles. The zero-order valence-corrected chi connectivity index (χ0v) is 30.9. The van der Waals surface area contributed by atoms with Crippen LogP contribution in [0, 0.1) is 0 Å². The van der Waals surface area contributed by atoms with Gasteiger partial charge < -0.3 is 13.6 Å². The van der Waals surface area contributed by atoms with Crippen molar-refractivity contribution in [3.63, 3.8) is 0 Å². The van der Waals surface area contributed by atoms with Crippen LogP contribution in [0.3, 0.4) is 0 Å². The molecule has 272 valence electrons. The third-order valence-electron chi connectivity index (χ3n) is 11.8. The lowest BCUT2D eigenvalue weighted by Gasteiger charge is -2.39. The molecule has 2 unspecified atom stereocenters. The van der Waals surface area contributed by atoms with Crippen molar-refractivity contribution in [2.24, 2.45) is 0 Å². The Hall–Kier alpha value is -6.96. The van der Waals surface area contributed by atoms with Crippen molar-refractivity contribution in [2.45, 2.75) is 18.5 Å². The Morgan fingerprint density at radius 1 is 0.351 bits per heavy atom. The minimum Gasteiger partial charge on any atom is -0.454 e. The maximum Gasteiger partial charge on any atom is 0.160 e. The van der Waals surface area contributed by atoms with E-state index in [1.807, 2.05) is 6.07 Å². The van der Waals surface area contributed by atoms with Crippen molar-refractivity contribution in [3.8, 4) is 11.4 Å². The number of para-hydroxylation sites is 3. The van der Waals surface area contributed by atoms with Crippen molar-refractivity contribution in [3.05, 3.63) is 205 Å². The van der Waals surface area contributed by atoms with Crippen molar-refractivity contribution in [2.75, 3.05) is 0 Å². The second kappa shape index (κ2) is 12.8. The Bertz CT molecular complexity index is 3230. The standard InChI is InChI=1S/C51H37N5O/c1-4-14-32(15-5-1)49-52-50(33-16-6-2-7-17-33)54-51(53-49)34-24-26-36(27-25-34)55-43-22-12-10-20-37(43)41-30-42-39-28-29-40-38-21-11-13-23-46(38)57-48(40)47(39)56(45(42)31-44(41)55)35-18-8-3-9-19-35/h1-31,49-54H. The molecule has 0 saturated carbocycles. The number of benzene rings is 8. The van der Waals surface area contributed by atoms with Crippen LogP contribution in [0.25, 0.3) is 76.9 Å². The van der Waals surface area contributed by atoms with E-state index < -0.39 is 0 Å². The second-order valence-corrected chi connectivity index (χ2v) is 15.1. The van der Waals surface area contributed by atoms with Crippen LogP contribution in [0.15, 0.2) is 192 Å². The average Bonchev–Trinajstić information content (AvgIpc) is 3.94. The number of fused-ring (bicyclic) bond motifs is 10. The largest absolute Gasteiger partial charge is 0.454 e. The van der Waals surface area contributed by atoms with E-state index in [1.165, 1.54) is 43.8 Å². The van der Waals surface area contributed by atoms with Crippen molar-refractivity contribution < 1.29 is 4.42 Å². The highest BCUT2D eigenvalue weighted by Gasteiger charge is 2.30. The summed E-state index contributed by atoms with van der Waals surface area (Å²) < 4.78 is 11.5. The Morgan fingerprint density at radius 3 is 1.54 bits per heavy atom. The van der Waals surface area contributed by atoms with Gasteiger partial charge in [-0.1, -0.05) is 133 Å². The highest BCUT2D eigenvalue weighted by atomic mass is 16.3. The van der Waals surface area contributed by atoms with Crippen LogP contribution >= 0.6 is 0 Å². The quantitative estimate of drug-likeness (QED) is 0.165. The molecule has 12 rings (SSSR count). The van der Waals surface area contributed by atoms with Crippen LogP contribution < -0.4 is 16.0 Å². The molecular weight excluding hydrogens is 699 g/mol. The van der Waals surface area contributed by atoms with Gasteiger partial charge in [0.25, 0.3) is 0 Å². The monoisotopic (exact) mass is 735 g/mol. The maximum absolute atomic E-state index is 6.68. The molecule has 1 fully saturated rings. The number of hydrogen-bond donors (Lipinski definition) is 3. The number of aromatic nitrogens is 2. The predicted octanol–water partition coefficient (Wildman–Crippen LogP) is 12.0. The van der Waals surface area contributed by atoms with E-state index in [0.29, 0.717) is 0 Å². The summed E-state index contributed by atoms with van der Waals surface area (Å²) in [5.41, 5.74) is 12.1. The maximum atomic E-state index is 6.68. The molecule has 4 heterocycles. The molecule has 8 aromatic carbocycles. The number of nitrogens with zero attached hydrogens (tertiary/aromatic N) is 2. The molecule has 11 aromatic rings. The summed E-state index contributed by atoms with van der Waals surface area (Å²) in [5.74, 6) is 0. The molecule has 6 heteroatoms. The van der Waals surface area contributed by atoms with Gasteiger partial charge in [-0.25, -0.2) is 0 Å². The summed E-state index contributed by atoms with van der Waals surface area (Å²) in [7, 11) is 0. The molecule has 0 spiro atoms. The third kappa shape index (κ3) is 5.09. The SMILES string of the molecule is c1ccc(C2NC(c3ccccc3)NC(c3ccc(-n4c5ccccc5c5cc6c7ccc8c9ccccc9oc8c7n(-c7ccccc7)c6cc54)cc3)N2)cc1. The topological polar surface area (TPSA) is 59.1 Å². The molecule has 0 amide bonds. The molecule has 0 bridgehead atoms. The van der Waals surface area contributed by atoms with E-state index in [2.05, 4.69) is 207 Å². The van der Waals surface area contributed by atoms with Crippen molar-refractivity contribution >= 4 is 65.6 Å². The molecule has 3 N–H and O–H groups in total. The first-order valence-electron chi connectivity index (χ1n) is 19.6.